The Bertz CT molecular complexity index is 284. The van der Waals surface area contributed by atoms with E-state index in [2.05, 4.69) is 6.92 Å². The van der Waals surface area contributed by atoms with Crippen LogP contribution in [0.2, 0.25) is 0 Å². The van der Waals surface area contributed by atoms with E-state index in [4.69, 9.17) is 10.2 Å². The molecule has 1 aromatic heterocycles. The number of aryl methyl sites for hydroxylation is 1. The molecule has 1 heterocycles. The fourth-order valence-electron chi connectivity index (χ4n) is 1.61. The quantitative estimate of drug-likeness (QED) is 0.729. The van der Waals surface area contributed by atoms with Crippen LogP contribution in [-0.4, -0.2) is 0 Å². The van der Waals surface area contributed by atoms with Gasteiger partial charge in [0.25, 0.3) is 0 Å². The summed E-state index contributed by atoms with van der Waals surface area (Å²) in [4.78, 5) is 0. The summed E-state index contributed by atoms with van der Waals surface area (Å²) in [5, 5.41) is 0. The van der Waals surface area contributed by atoms with E-state index in [0.717, 1.165) is 11.5 Å². The molecule has 1 aromatic rings. The molecule has 12 heavy (non-hydrogen) atoms. The molecule has 0 spiro atoms. The highest BCUT2D eigenvalue weighted by atomic mass is 16.3. The first-order valence-electron chi connectivity index (χ1n) is 4.46. The number of furan rings is 1. The number of hydrogen-bond acceptors (Lipinski definition) is 2. The van der Waals surface area contributed by atoms with Gasteiger partial charge >= 0.3 is 0 Å². The van der Waals surface area contributed by atoms with Gasteiger partial charge in [-0.05, 0) is 44.7 Å². The standard InChI is InChI=1S/C10H15NO/c1-7-3-6-9(12-7)10(2,11)8-4-5-8/h3,6,8H,4-5,11H2,1-2H3. The predicted octanol–water partition coefficient (Wildman–Crippen LogP) is 2.17. The van der Waals surface area contributed by atoms with Crippen LogP contribution in [0.15, 0.2) is 16.5 Å². The third kappa shape index (κ3) is 1.16. The van der Waals surface area contributed by atoms with Crippen molar-refractivity contribution in [2.24, 2.45) is 11.7 Å². The molecular weight excluding hydrogens is 150 g/mol. The average molecular weight is 165 g/mol. The van der Waals surface area contributed by atoms with Crippen LogP contribution in [0.25, 0.3) is 0 Å². The van der Waals surface area contributed by atoms with E-state index in [1.54, 1.807) is 0 Å². The average Bonchev–Trinajstić information content (AvgIpc) is 2.75. The van der Waals surface area contributed by atoms with Crippen molar-refractivity contribution in [2.75, 3.05) is 0 Å². The second kappa shape index (κ2) is 2.36. The maximum absolute atomic E-state index is 6.16. The molecule has 0 amide bonds. The summed E-state index contributed by atoms with van der Waals surface area (Å²) >= 11 is 0. The van der Waals surface area contributed by atoms with E-state index < -0.39 is 0 Å². The van der Waals surface area contributed by atoms with Gasteiger partial charge in [-0.2, -0.15) is 0 Å². The molecule has 1 aliphatic carbocycles. The maximum atomic E-state index is 6.16. The van der Waals surface area contributed by atoms with Crippen molar-refractivity contribution in [1.29, 1.82) is 0 Å². The third-order valence-corrected chi connectivity index (χ3v) is 2.70. The van der Waals surface area contributed by atoms with E-state index in [1.807, 2.05) is 19.1 Å². The number of nitrogens with two attached hydrogens (primary N) is 1. The van der Waals surface area contributed by atoms with Crippen LogP contribution in [0.1, 0.15) is 31.3 Å². The largest absolute Gasteiger partial charge is 0.464 e. The topological polar surface area (TPSA) is 39.2 Å². The predicted molar refractivity (Wildman–Crippen MR) is 47.7 cm³/mol. The van der Waals surface area contributed by atoms with Gasteiger partial charge in [-0.25, -0.2) is 0 Å². The second-order valence-electron chi connectivity index (χ2n) is 3.97. The summed E-state index contributed by atoms with van der Waals surface area (Å²) in [6, 6.07) is 3.97. The molecule has 1 saturated carbocycles. The first kappa shape index (κ1) is 7.87. The summed E-state index contributed by atoms with van der Waals surface area (Å²) in [5.74, 6) is 2.51. The van der Waals surface area contributed by atoms with Crippen LogP contribution in [0.5, 0.6) is 0 Å². The molecule has 2 rings (SSSR count). The lowest BCUT2D eigenvalue weighted by Crippen LogP contribution is -2.34. The fraction of sp³-hybridized carbons (Fsp3) is 0.600. The van der Waals surface area contributed by atoms with Gasteiger partial charge in [-0.15, -0.1) is 0 Å². The van der Waals surface area contributed by atoms with E-state index in [0.29, 0.717) is 5.92 Å². The molecule has 0 aromatic carbocycles. The van der Waals surface area contributed by atoms with E-state index in [9.17, 15) is 0 Å². The fourth-order valence-corrected chi connectivity index (χ4v) is 1.61. The summed E-state index contributed by atoms with van der Waals surface area (Å²) in [6.45, 7) is 4.01. The van der Waals surface area contributed by atoms with Crippen molar-refractivity contribution in [3.05, 3.63) is 23.7 Å². The summed E-state index contributed by atoms with van der Waals surface area (Å²) < 4.78 is 5.52. The minimum Gasteiger partial charge on any atom is -0.464 e. The van der Waals surface area contributed by atoms with E-state index in [-0.39, 0.29) is 5.54 Å². The minimum absolute atomic E-state index is 0.242. The summed E-state index contributed by atoms with van der Waals surface area (Å²) in [5.41, 5.74) is 5.92. The Balaban J connectivity index is 2.27. The molecule has 2 N–H and O–H groups in total. The maximum Gasteiger partial charge on any atom is 0.123 e. The van der Waals surface area contributed by atoms with Gasteiger partial charge in [0.2, 0.25) is 0 Å². The zero-order chi connectivity index (χ0) is 8.77. The zero-order valence-electron chi connectivity index (χ0n) is 7.63. The normalized spacial score (nSPS) is 22.2. The highest BCUT2D eigenvalue weighted by Crippen LogP contribution is 2.43. The van der Waals surface area contributed by atoms with Gasteiger partial charge in [0.1, 0.15) is 11.5 Å². The van der Waals surface area contributed by atoms with Gasteiger partial charge in [0, 0.05) is 0 Å². The highest BCUT2D eigenvalue weighted by Gasteiger charge is 2.41. The van der Waals surface area contributed by atoms with Gasteiger partial charge < -0.3 is 10.2 Å². The Hall–Kier alpha value is -0.760. The first-order valence-corrected chi connectivity index (χ1v) is 4.46. The van der Waals surface area contributed by atoms with Crippen LogP contribution >= 0.6 is 0 Å². The van der Waals surface area contributed by atoms with Crippen LogP contribution in [0, 0.1) is 12.8 Å². The SMILES string of the molecule is Cc1ccc(C(C)(N)C2CC2)o1. The van der Waals surface area contributed by atoms with Gasteiger partial charge in [-0.3, -0.25) is 0 Å². The Morgan fingerprint density at radius 2 is 2.17 bits per heavy atom. The second-order valence-corrected chi connectivity index (χ2v) is 3.97. The molecule has 1 fully saturated rings. The lowest BCUT2D eigenvalue weighted by molar-refractivity contribution is 0.323. The molecule has 0 bridgehead atoms. The van der Waals surface area contributed by atoms with Gasteiger partial charge in [0.15, 0.2) is 0 Å². The van der Waals surface area contributed by atoms with E-state index in [1.165, 1.54) is 12.8 Å². The van der Waals surface area contributed by atoms with Crippen LogP contribution in [0.4, 0.5) is 0 Å². The van der Waals surface area contributed by atoms with Crippen LogP contribution in [0.3, 0.4) is 0 Å². The van der Waals surface area contributed by atoms with Crippen molar-refractivity contribution < 1.29 is 4.42 Å². The van der Waals surface area contributed by atoms with Crippen LogP contribution in [-0.2, 0) is 5.54 Å². The van der Waals surface area contributed by atoms with Gasteiger partial charge in [-0.1, -0.05) is 0 Å². The molecule has 66 valence electrons. The monoisotopic (exact) mass is 165 g/mol. The highest BCUT2D eigenvalue weighted by molar-refractivity contribution is 5.17. The Labute approximate surface area is 72.7 Å². The molecule has 1 unspecified atom stereocenters. The van der Waals surface area contributed by atoms with Crippen molar-refractivity contribution >= 4 is 0 Å². The number of rotatable bonds is 2. The Kier molecular flexibility index (Phi) is 1.55. The lowest BCUT2D eigenvalue weighted by atomic mass is 9.94. The van der Waals surface area contributed by atoms with Crippen molar-refractivity contribution in [1.82, 2.24) is 0 Å². The molecule has 1 aliphatic rings. The molecule has 2 heteroatoms. The smallest absolute Gasteiger partial charge is 0.123 e. The molecule has 2 nitrogen and oxygen atoms in total. The Morgan fingerprint density at radius 1 is 1.50 bits per heavy atom. The number of hydrogen-bond donors (Lipinski definition) is 1. The van der Waals surface area contributed by atoms with Gasteiger partial charge in [0.05, 0.1) is 5.54 Å². The van der Waals surface area contributed by atoms with Crippen LogP contribution < -0.4 is 5.73 Å². The van der Waals surface area contributed by atoms with E-state index >= 15 is 0 Å². The summed E-state index contributed by atoms with van der Waals surface area (Å²) in [6.07, 6.45) is 2.49. The Morgan fingerprint density at radius 3 is 2.58 bits per heavy atom. The third-order valence-electron chi connectivity index (χ3n) is 2.70. The summed E-state index contributed by atoms with van der Waals surface area (Å²) in [7, 11) is 0. The zero-order valence-corrected chi connectivity index (χ0v) is 7.63. The minimum atomic E-state index is -0.242. The molecule has 0 saturated heterocycles. The molecular formula is C10H15NO. The molecule has 1 atom stereocenters. The first-order chi connectivity index (χ1) is 5.60. The molecule has 0 radical (unpaired) electrons. The van der Waals surface area contributed by atoms with Crippen molar-refractivity contribution in [3.63, 3.8) is 0 Å². The van der Waals surface area contributed by atoms with Crippen molar-refractivity contribution in [3.8, 4) is 0 Å². The lowest BCUT2D eigenvalue weighted by Gasteiger charge is -2.21. The molecule has 0 aliphatic heterocycles. The van der Waals surface area contributed by atoms with Crippen molar-refractivity contribution in [2.45, 2.75) is 32.2 Å².